The van der Waals surface area contributed by atoms with E-state index in [-0.39, 0.29) is 11.4 Å². The number of carbonyl (C=O) groups is 1. The van der Waals surface area contributed by atoms with E-state index >= 15 is 0 Å². The van der Waals surface area contributed by atoms with Gasteiger partial charge in [-0.15, -0.1) is 0 Å². The predicted octanol–water partition coefficient (Wildman–Crippen LogP) is 4.10. The number of carboxylic acid groups (broad SMARTS) is 1. The minimum atomic E-state index is -1.01. The number of carboxylic acids is 1. The topological polar surface area (TPSA) is 55.1 Å². The molecule has 0 amide bonds. The van der Waals surface area contributed by atoms with Gasteiger partial charge in [-0.2, -0.15) is 0 Å². The van der Waals surface area contributed by atoms with Crippen molar-refractivity contribution in [3.8, 4) is 11.1 Å². The van der Waals surface area contributed by atoms with Crippen molar-refractivity contribution in [3.63, 3.8) is 0 Å². The second kappa shape index (κ2) is 6.91. The number of hydrogen-bond donors (Lipinski definition) is 1. The van der Waals surface area contributed by atoms with Gasteiger partial charge in [-0.3, -0.25) is 0 Å². The van der Waals surface area contributed by atoms with E-state index in [2.05, 4.69) is 4.98 Å². The highest BCUT2D eigenvalue weighted by Gasteiger charge is 2.12. The van der Waals surface area contributed by atoms with Crippen molar-refractivity contribution < 1.29 is 14.3 Å². The molecule has 2 aromatic carbocycles. The lowest BCUT2D eigenvalue weighted by atomic mass is 9.97. The molecule has 24 heavy (non-hydrogen) atoms. The summed E-state index contributed by atoms with van der Waals surface area (Å²) in [5.74, 6) is -1.37. The van der Waals surface area contributed by atoms with Gasteiger partial charge in [0, 0.05) is 18.9 Å². The second-order valence-electron chi connectivity index (χ2n) is 5.28. The Balaban J connectivity index is 1.92. The Labute approximate surface area is 138 Å². The van der Waals surface area contributed by atoms with E-state index in [4.69, 9.17) is 0 Å². The van der Waals surface area contributed by atoms with E-state index in [9.17, 15) is 14.3 Å². The molecule has 3 aromatic rings. The number of halogens is 1. The van der Waals surface area contributed by atoms with Crippen molar-refractivity contribution in [2.24, 2.45) is 0 Å². The first-order valence-corrected chi connectivity index (χ1v) is 7.39. The summed E-state index contributed by atoms with van der Waals surface area (Å²) < 4.78 is 15.0. The van der Waals surface area contributed by atoms with Gasteiger partial charge >= 0.3 is 5.97 Å². The molecule has 1 N–H and O–H groups in total. The molecule has 3 rings (SSSR count). The van der Waals surface area contributed by atoms with Gasteiger partial charge in [-0.05, 0) is 41.0 Å². The first-order chi connectivity index (χ1) is 11.6. The first-order valence-electron chi connectivity index (χ1n) is 7.39. The maximum atomic E-state index is 13.1. The zero-order valence-corrected chi connectivity index (χ0v) is 12.8. The average Bonchev–Trinajstić information content (AvgIpc) is 3.09. The van der Waals surface area contributed by atoms with Gasteiger partial charge in [0.1, 0.15) is 5.82 Å². The Hall–Kier alpha value is -3.21. The third-order valence-corrected chi connectivity index (χ3v) is 3.61. The van der Waals surface area contributed by atoms with E-state index < -0.39 is 5.97 Å². The highest BCUT2D eigenvalue weighted by Crippen LogP contribution is 2.26. The molecular formula is C19H15FN2O2. The van der Waals surface area contributed by atoms with Crippen molar-refractivity contribution in [3.05, 3.63) is 84.2 Å². The molecule has 0 aliphatic heterocycles. The first kappa shape index (κ1) is 15.7. The van der Waals surface area contributed by atoms with Gasteiger partial charge in [0.05, 0.1) is 11.9 Å². The minimum Gasteiger partial charge on any atom is -0.478 e. The van der Waals surface area contributed by atoms with Gasteiger partial charge < -0.3 is 9.67 Å². The third-order valence-electron chi connectivity index (χ3n) is 3.61. The molecule has 0 radical (unpaired) electrons. The SMILES string of the molecule is O=C(O)c1ccc(C=CCn2ccnc2)cc1-c1ccc(F)cc1. The van der Waals surface area contributed by atoms with E-state index in [0.29, 0.717) is 17.7 Å². The molecule has 4 nitrogen and oxygen atoms in total. The molecule has 0 aliphatic rings. The molecule has 5 heteroatoms. The van der Waals surface area contributed by atoms with Crippen LogP contribution in [-0.2, 0) is 6.54 Å². The number of hydrogen-bond acceptors (Lipinski definition) is 2. The summed E-state index contributed by atoms with van der Waals surface area (Å²) in [4.78, 5) is 15.4. The molecule has 0 saturated carbocycles. The Morgan fingerprint density at radius 1 is 1.21 bits per heavy atom. The molecule has 0 unspecified atom stereocenters. The standard InChI is InChI=1S/C19H15FN2O2/c20-16-6-4-15(5-7-16)18-12-14(3-8-17(18)19(23)24)2-1-10-22-11-9-21-13-22/h1-9,11-13H,10H2,(H,23,24). The highest BCUT2D eigenvalue weighted by molar-refractivity contribution is 5.96. The lowest BCUT2D eigenvalue weighted by molar-refractivity contribution is 0.0697. The minimum absolute atomic E-state index is 0.188. The van der Waals surface area contributed by atoms with Gasteiger partial charge in [0.2, 0.25) is 0 Å². The van der Waals surface area contributed by atoms with E-state index in [1.54, 1.807) is 42.9 Å². The normalized spacial score (nSPS) is 11.0. The smallest absolute Gasteiger partial charge is 0.336 e. The maximum absolute atomic E-state index is 13.1. The Kier molecular flexibility index (Phi) is 4.52. The van der Waals surface area contributed by atoms with Gasteiger partial charge in [0.15, 0.2) is 0 Å². The summed E-state index contributed by atoms with van der Waals surface area (Å²) in [6.07, 6.45) is 9.18. The molecule has 0 spiro atoms. The fraction of sp³-hybridized carbons (Fsp3) is 0.0526. The van der Waals surface area contributed by atoms with Crippen LogP contribution in [0.3, 0.4) is 0 Å². The lowest BCUT2D eigenvalue weighted by Gasteiger charge is -2.08. The predicted molar refractivity (Wildman–Crippen MR) is 90.1 cm³/mol. The number of aromatic carboxylic acids is 1. The van der Waals surface area contributed by atoms with Crippen molar-refractivity contribution in [1.29, 1.82) is 0 Å². The van der Waals surface area contributed by atoms with Gasteiger partial charge in [-0.25, -0.2) is 14.2 Å². The molecule has 0 saturated heterocycles. The van der Waals surface area contributed by atoms with Crippen LogP contribution in [0.15, 0.2) is 67.3 Å². The number of nitrogens with zero attached hydrogens (tertiary/aromatic N) is 2. The monoisotopic (exact) mass is 322 g/mol. The second-order valence-corrected chi connectivity index (χ2v) is 5.28. The average molecular weight is 322 g/mol. The van der Waals surface area contributed by atoms with Crippen LogP contribution in [0.1, 0.15) is 15.9 Å². The quantitative estimate of drug-likeness (QED) is 0.769. The summed E-state index contributed by atoms with van der Waals surface area (Å²) >= 11 is 0. The fourth-order valence-electron chi connectivity index (χ4n) is 2.43. The molecule has 120 valence electrons. The number of imidazole rings is 1. The zero-order valence-electron chi connectivity index (χ0n) is 12.8. The van der Waals surface area contributed by atoms with E-state index in [1.165, 1.54) is 12.1 Å². The summed E-state index contributed by atoms with van der Waals surface area (Å²) in [6, 6.07) is 10.9. The summed E-state index contributed by atoms with van der Waals surface area (Å²) in [5.41, 5.74) is 2.29. The zero-order chi connectivity index (χ0) is 16.9. The number of aromatic nitrogens is 2. The fourth-order valence-corrected chi connectivity index (χ4v) is 2.43. The summed E-state index contributed by atoms with van der Waals surface area (Å²) in [5, 5.41) is 9.37. The van der Waals surface area contributed by atoms with Crippen molar-refractivity contribution in [1.82, 2.24) is 9.55 Å². The lowest BCUT2D eigenvalue weighted by Crippen LogP contribution is -2.00. The van der Waals surface area contributed by atoms with Crippen LogP contribution in [-0.4, -0.2) is 20.6 Å². The van der Waals surface area contributed by atoms with E-state index in [0.717, 1.165) is 5.56 Å². The third kappa shape index (κ3) is 3.57. The van der Waals surface area contributed by atoms with E-state index in [1.807, 2.05) is 22.9 Å². The Morgan fingerprint density at radius 3 is 2.67 bits per heavy atom. The van der Waals surface area contributed by atoms with Gasteiger partial charge in [-0.1, -0.05) is 30.4 Å². The van der Waals surface area contributed by atoms with Crippen LogP contribution in [0.2, 0.25) is 0 Å². The highest BCUT2D eigenvalue weighted by atomic mass is 19.1. The molecule has 0 aliphatic carbocycles. The Bertz CT molecular complexity index is 869. The van der Waals surface area contributed by atoms with Crippen molar-refractivity contribution >= 4 is 12.0 Å². The number of allylic oxidation sites excluding steroid dienone is 1. The van der Waals surface area contributed by atoms with Crippen molar-refractivity contribution in [2.45, 2.75) is 6.54 Å². The molecule has 0 fully saturated rings. The van der Waals surface area contributed by atoms with Crippen LogP contribution in [0, 0.1) is 5.82 Å². The van der Waals surface area contributed by atoms with Crippen LogP contribution >= 0.6 is 0 Å². The van der Waals surface area contributed by atoms with Crippen LogP contribution < -0.4 is 0 Å². The number of benzene rings is 2. The van der Waals surface area contributed by atoms with Gasteiger partial charge in [0.25, 0.3) is 0 Å². The largest absolute Gasteiger partial charge is 0.478 e. The molecule has 0 bridgehead atoms. The molecule has 1 aromatic heterocycles. The van der Waals surface area contributed by atoms with Crippen LogP contribution in [0.4, 0.5) is 4.39 Å². The molecular weight excluding hydrogens is 307 g/mol. The maximum Gasteiger partial charge on any atom is 0.336 e. The Morgan fingerprint density at radius 2 is 2.00 bits per heavy atom. The number of rotatable bonds is 5. The summed E-state index contributed by atoms with van der Waals surface area (Å²) in [7, 11) is 0. The summed E-state index contributed by atoms with van der Waals surface area (Å²) in [6.45, 7) is 0.673. The van der Waals surface area contributed by atoms with Crippen LogP contribution in [0.5, 0.6) is 0 Å². The molecule has 1 heterocycles. The van der Waals surface area contributed by atoms with Crippen LogP contribution in [0.25, 0.3) is 17.2 Å². The molecule has 0 atom stereocenters. The van der Waals surface area contributed by atoms with Crippen molar-refractivity contribution in [2.75, 3.05) is 0 Å².